The lowest BCUT2D eigenvalue weighted by molar-refractivity contribution is -0.137. The molecule has 0 radical (unpaired) electrons. The summed E-state index contributed by atoms with van der Waals surface area (Å²) in [6.45, 7) is -0.0185. The first-order valence-corrected chi connectivity index (χ1v) is 10.1. The summed E-state index contributed by atoms with van der Waals surface area (Å²) in [6.07, 6.45) is -3.44. The third kappa shape index (κ3) is 3.49. The van der Waals surface area contributed by atoms with E-state index in [1.165, 1.54) is 30.0 Å². The van der Waals surface area contributed by atoms with E-state index in [1.54, 1.807) is 12.1 Å². The van der Waals surface area contributed by atoms with E-state index in [-0.39, 0.29) is 30.2 Å². The lowest BCUT2D eigenvalue weighted by Crippen LogP contribution is -2.25. The van der Waals surface area contributed by atoms with Crippen LogP contribution >= 0.6 is 0 Å². The van der Waals surface area contributed by atoms with Crippen molar-refractivity contribution in [1.29, 1.82) is 0 Å². The maximum absolute atomic E-state index is 13.4. The van der Waals surface area contributed by atoms with Crippen molar-refractivity contribution in [3.8, 4) is 22.9 Å². The van der Waals surface area contributed by atoms with Crippen molar-refractivity contribution in [2.24, 2.45) is 0 Å². The molecule has 1 aromatic heterocycles. The van der Waals surface area contributed by atoms with Gasteiger partial charge in [0.1, 0.15) is 5.56 Å². The van der Waals surface area contributed by atoms with Gasteiger partial charge in [-0.25, -0.2) is 4.79 Å². The zero-order valence-electron chi connectivity index (χ0n) is 17.6. The minimum Gasteiger partial charge on any atom is -0.493 e. The lowest BCUT2D eigenvalue weighted by atomic mass is 9.87. The monoisotopic (exact) mass is 474 g/mol. The molecule has 2 aliphatic rings. The quantitative estimate of drug-likeness (QED) is 0.582. The summed E-state index contributed by atoms with van der Waals surface area (Å²) in [6, 6.07) is 7.84. The van der Waals surface area contributed by atoms with E-state index in [0.29, 0.717) is 28.5 Å². The molecule has 5 rings (SSSR count). The number of halogens is 3. The summed E-state index contributed by atoms with van der Waals surface area (Å²) in [4.78, 5) is 24.5. The maximum Gasteiger partial charge on any atom is 0.416 e. The Morgan fingerprint density at radius 2 is 2.03 bits per heavy atom. The molecule has 0 fully saturated rings. The smallest absolute Gasteiger partial charge is 0.416 e. The Morgan fingerprint density at radius 1 is 1.24 bits per heavy atom. The molecule has 0 saturated heterocycles. The van der Waals surface area contributed by atoms with Crippen LogP contribution < -0.4 is 19.5 Å². The van der Waals surface area contributed by atoms with E-state index in [4.69, 9.17) is 14.2 Å². The summed E-state index contributed by atoms with van der Waals surface area (Å²) < 4.78 is 57.7. The molecule has 0 aliphatic carbocycles. The van der Waals surface area contributed by atoms with Gasteiger partial charge in [0.25, 0.3) is 0 Å². The van der Waals surface area contributed by atoms with Crippen molar-refractivity contribution in [3.05, 3.63) is 65.0 Å². The molecule has 2 aromatic carbocycles. The fraction of sp³-hybridized carbons (Fsp3) is 0.217. The number of nitrogens with zero attached hydrogens (tertiary/aromatic N) is 1. The number of alkyl halides is 3. The second-order valence-electron chi connectivity index (χ2n) is 7.79. The number of benzene rings is 2. The van der Waals surface area contributed by atoms with Crippen molar-refractivity contribution in [2.75, 3.05) is 19.2 Å². The predicted octanol–water partition coefficient (Wildman–Crippen LogP) is 4.41. The maximum atomic E-state index is 13.4. The van der Waals surface area contributed by atoms with Gasteiger partial charge in [-0.15, -0.1) is 0 Å². The highest BCUT2D eigenvalue weighted by molar-refractivity contribution is 6.04. The minimum absolute atomic E-state index is 0.0185. The van der Waals surface area contributed by atoms with Gasteiger partial charge in [0.15, 0.2) is 11.5 Å². The van der Waals surface area contributed by atoms with Crippen LogP contribution in [-0.4, -0.2) is 35.5 Å². The molecule has 2 aliphatic heterocycles. The van der Waals surface area contributed by atoms with Gasteiger partial charge in [0.2, 0.25) is 18.4 Å². The van der Waals surface area contributed by atoms with Gasteiger partial charge in [0, 0.05) is 24.2 Å². The number of carbonyl (C=O) groups is 2. The van der Waals surface area contributed by atoms with Crippen molar-refractivity contribution < 1.29 is 42.1 Å². The molecule has 1 unspecified atom stereocenters. The Hall–Kier alpha value is -4.15. The second-order valence-corrected chi connectivity index (χ2v) is 7.79. The van der Waals surface area contributed by atoms with E-state index in [0.717, 1.165) is 12.1 Å². The highest BCUT2D eigenvalue weighted by Gasteiger charge is 2.37. The van der Waals surface area contributed by atoms with Gasteiger partial charge >= 0.3 is 12.1 Å². The molecule has 1 atom stereocenters. The number of carbonyl (C=O) groups excluding carboxylic acids is 1. The van der Waals surface area contributed by atoms with Crippen LogP contribution in [0.3, 0.4) is 0 Å². The van der Waals surface area contributed by atoms with Crippen LogP contribution in [0.1, 0.15) is 39.5 Å². The first kappa shape index (κ1) is 21.7. The van der Waals surface area contributed by atoms with Crippen molar-refractivity contribution in [3.63, 3.8) is 0 Å². The number of methoxy groups -OCH3 is 1. The number of nitrogens with one attached hydrogen (secondary N) is 1. The van der Waals surface area contributed by atoms with E-state index in [2.05, 4.69) is 5.32 Å². The summed E-state index contributed by atoms with van der Waals surface area (Å²) in [7, 11) is 1.44. The van der Waals surface area contributed by atoms with Crippen LogP contribution in [0.25, 0.3) is 5.69 Å². The molecule has 11 heteroatoms. The number of fused-ring (bicyclic) bond motifs is 2. The molecule has 2 N–H and O–H groups in total. The van der Waals surface area contributed by atoms with Gasteiger partial charge < -0.3 is 29.2 Å². The van der Waals surface area contributed by atoms with Crippen LogP contribution in [0.4, 0.5) is 18.9 Å². The number of aromatic nitrogens is 1. The summed E-state index contributed by atoms with van der Waals surface area (Å²) in [5.41, 5.74) is -0.100. The van der Waals surface area contributed by atoms with Gasteiger partial charge in [-0.05, 0) is 35.9 Å². The number of carboxylic acids is 1. The molecule has 3 heterocycles. The van der Waals surface area contributed by atoms with Crippen molar-refractivity contribution in [2.45, 2.75) is 18.5 Å². The topological polar surface area (TPSA) is 99.0 Å². The molecular formula is C23H17F3N2O6. The molecule has 34 heavy (non-hydrogen) atoms. The minimum atomic E-state index is -4.59. The molecular weight excluding hydrogens is 457 g/mol. The Balaban J connectivity index is 1.74. The number of rotatable bonds is 4. The number of aromatic carboxylic acids is 1. The van der Waals surface area contributed by atoms with Crippen LogP contribution in [-0.2, 0) is 11.0 Å². The standard InChI is InChI=1S/C23H17F3N2O6/c1-32-16-5-11(6-17-21(16)34-10-33-17)14-8-18(29)27-19-15(22(30)31)9-28(20(14)19)13-4-2-3-12(7-13)23(24,25)26/h2-7,9,14H,8,10H2,1H3,(H,27,29)(H,30,31). The van der Waals surface area contributed by atoms with E-state index >= 15 is 0 Å². The van der Waals surface area contributed by atoms with Gasteiger partial charge in [0.05, 0.1) is 24.1 Å². The average molecular weight is 474 g/mol. The number of hydrogen-bond donors (Lipinski definition) is 2. The van der Waals surface area contributed by atoms with Crippen LogP contribution in [0.5, 0.6) is 17.2 Å². The Kier molecular flexibility index (Phi) is 4.92. The SMILES string of the molecule is COc1cc(C2CC(=O)Nc3c(C(=O)O)cn(-c4cccc(C(F)(F)F)c4)c32)cc2c1OCO2. The number of anilines is 1. The highest BCUT2D eigenvalue weighted by atomic mass is 19.4. The zero-order chi connectivity index (χ0) is 24.2. The number of amides is 1. The van der Waals surface area contributed by atoms with Crippen LogP contribution in [0.2, 0.25) is 0 Å². The third-order valence-electron chi connectivity index (χ3n) is 5.79. The fourth-order valence-corrected chi connectivity index (χ4v) is 4.30. The van der Waals surface area contributed by atoms with Crippen molar-refractivity contribution >= 4 is 17.6 Å². The summed E-state index contributed by atoms with van der Waals surface area (Å²) >= 11 is 0. The molecule has 176 valence electrons. The normalized spacial score (nSPS) is 16.7. The molecule has 0 saturated carbocycles. The largest absolute Gasteiger partial charge is 0.493 e. The number of carboxylic acid groups (broad SMARTS) is 1. The Morgan fingerprint density at radius 3 is 2.74 bits per heavy atom. The molecule has 3 aromatic rings. The summed E-state index contributed by atoms with van der Waals surface area (Å²) in [5.74, 6) is -1.32. The molecule has 8 nitrogen and oxygen atoms in total. The number of hydrogen-bond acceptors (Lipinski definition) is 5. The first-order valence-electron chi connectivity index (χ1n) is 10.1. The lowest BCUT2D eigenvalue weighted by Gasteiger charge is -2.27. The van der Waals surface area contributed by atoms with Crippen molar-refractivity contribution in [1.82, 2.24) is 4.57 Å². The van der Waals surface area contributed by atoms with Gasteiger partial charge in [-0.2, -0.15) is 13.2 Å². The third-order valence-corrected chi connectivity index (χ3v) is 5.79. The Bertz CT molecular complexity index is 1330. The van der Waals surface area contributed by atoms with Gasteiger partial charge in [-0.3, -0.25) is 4.79 Å². The molecule has 0 bridgehead atoms. The average Bonchev–Trinajstić information content (AvgIpc) is 3.42. The van der Waals surface area contributed by atoms with E-state index in [9.17, 15) is 27.9 Å². The van der Waals surface area contributed by atoms with E-state index < -0.39 is 29.5 Å². The molecule has 1 amide bonds. The predicted molar refractivity (Wildman–Crippen MR) is 112 cm³/mol. The first-order chi connectivity index (χ1) is 16.2. The second kappa shape index (κ2) is 7.72. The van der Waals surface area contributed by atoms with Crippen LogP contribution in [0.15, 0.2) is 42.6 Å². The molecule has 0 spiro atoms. The fourth-order valence-electron chi connectivity index (χ4n) is 4.30. The zero-order valence-corrected chi connectivity index (χ0v) is 17.6. The van der Waals surface area contributed by atoms with E-state index in [1.807, 2.05) is 0 Å². The highest BCUT2D eigenvalue weighted by Crippen LogP contribution is 2.48. The van der Waals surface area contributed by atoms with Gasteiger partial charge in [-0.1, -0.05) is 6.07 Å². The Labute approximate surface area is 190 Å². The summed E-state index contributed by atoms with van der Waals surface area (Å²) in [5, 5.41) is 12.3. The number of ether oxygens (including phenoxy) is 3. The van der Waals surface area contributed by atoms with Crippen LogP contribution in [0, 0.1) is 0 Å².